The molecule has 0 spiro atoms. The first-order valence-corrected chi connectivity index (χ1v) is 7.87. The number of hydrogen-bond acceptors (Lipinski definition) is 3. The number of carbonyl (C=O) groups is 1. The molecule has 1 atom stereocenters. The van der Waals surface area contributed by atoms with E-state index in [1.54, 1.807) is 6.33 Å². The predicted molar refractivity (Wildman–Crippen MR) is 87.6 cm³/mol. The van der Waals surface area contributed by atoms with Crippen molar-refractivity contribution in [3.8, 4) is 0 Å². The number of aliphatic hydroxyl groups excluding tert-OH is 1. The van der Waals surface area contributed by atoms with Crippen LogP contribution in [0.1, 0.15) is 39.7 Å². The number of rotatable bonds is 7. The van der Waals surface area contributed by atoms with Gasteiger partial charge in [-0.1, -0.05) is 26.0 Å². The van der Waals surface area contributed by atoms with Crippen LogP contribution in [0.3, 0.4) is 0 Å². The summed E-state index contributed by atoms with van der Waals surface area (Å²) in [4.78, 5) is 16.8. The van der Waals surface area contributed by atoms with Gasteiger partial charge in [0.25, 0.3) is 0 Å². The largest absolute Gasteiger partial charge is 0.396 e. The van der Waals surface area contributed by atoms with E-state index < -0.39 is 0 Å². The molecule has 5 heteroatoms. The molecule has 2 rings (SSSR count). The van der Waals surface area contributed by atoms with Gasteiger partial charge in [0.2, 0.25) is 5.91 Å². The van der Waals surface area contributed by atoms with E-state index in [9.17, 15) is 9.90 Å². The van der Waals surface area contributed by atoms with Gasteiger partial charge in [0, 0.05) is 12.0 Å². The molecule has 1 unspecified atom stereocenters. The number of fused-ring (bicyclic) bond motifs is 1. The zero-order valence-corrected chi connectivity index (χ0v) is 13.5. The quantitative estimate of drug-likeness (QED) is 0.826. The molecule has 2 aromatic rings. The third kappa shape index (κ3) is 3.14. The van der Waals surface area contributed by atoms with Gasteiger partial charge in [-0.3, -0.25) is 4.79 Å². The van der Waals surface area contributed by atoms with E-state index in [-0.39, 0.29) is 24.0 Å². The van der Waals surface area contributed by atoms with E-state index in [1.165, 1.54) is 0 Å². The molecule has 1 heterocycles. The van der Waals surface area contributed by atoms with Gasteiger partial charge in [-0.15, -0.1) is 0 Å². The summed E-state index contributed by atoms with van der Waals surface area (Å²) in [5.41, 5.74) is 1.60. The number of amides is 1. The maximum absolute atomic E-state index is 12.4. The van der Waals surface area contributed by atoms with Crippen LogP contribution in [-0.2, 0) is 4.79 Å². The van der Waals surface area contributed by atoms with Crippen LogP contribution in [0.5, 0.6) is 0 Å². The number of nitrogens with one attached hydrogen (secondary N) is 1. The Balaban J connectivity index is 2.09. The van der Waals surface area contributed by atoms with Gasteiger partial charge >= 0.3 is 0 Å². The first-order chi connectivity index (χ1) is 10.6. The van der Waals surface area contributed by atoms with Gasteiger partial charge in [0.05, 0.1) is 24.0 Å². The molecule has 0 aliphatic carbocycles. The van der Waals surface area contributed by atoms with Gasteiger partial charge in [-0.05, 0) is 31.9 Å². The lowest BCUT2D eigenvalue weighted by Gasteiger charge is -2.30. The van der Waals surface area contributed by atoms with Crippen molar-refractivity contribution >= 4 is 16.9 Å². The molecule has 1 aromatic carbocycles. The molecular weight excluding hydrogens is 278 g/mol. The molecule has 22 heavy (non-hydrogen) atoms. The number of aromatic nitrogens is 2. The van der Waals surface area contributed by atoms with E-state index >= 15 is 0 Å². The van der Waals surface area contributed by atoms with Crippen molar-refractivity contribution in [1.29, 1.82) is 0 Å². The Hall–Kier alpha value is -1.88. The summed E-state index contributed by atoms with van der Waals surface area (Å²) in [5.74, 6) is -0.0529. The molecule has 2 N–H and O–H groups in total. The van der Waals surface area contributed by atoms with E-state index in [0.717, 1.165) is 23.9 Å². The summed E-state index contributed by atoms with van der Waals surface area (Å²) in [6, 6.07) is 7.43. The van der Waals surface area contributed by atoms with E-state index in [1.807, 2.05) is 49.6 Å². The average Bonchev–Trinajstić information content (AvgIpc) is 2.99. The molecule has 0 aliphatic heterocycles. The number of para-hydroxylation sites is 2. The molecule has 0 radical (unpaired) electrons. The fraction of sp³-hybridized carbons (Fsp3) is 0.529. The van der Waals surface area contributed by atoms with Gasteiger partial charge < -0.3 is 15.0 Å². The van der Waals surface area contributed by atoms with Crippen LogP contribution >= 0.6 is 0 Å². The normalized spacial score (nSPS) is 13.3. The summed E-state index contributed by atoms with van der Waals surface area (Å²) >= 11 is 0. The zero-order chi connectivity index (χ0) is 16.2. The molecule has 1 amide bonds. The number of imidazole rings is 1. The lowest BCUT2D eigenvalue weighted by Crippen LogP contribution is -2.41. The maximum atomic E-state index is 12.4. The van der Waals surface area contributed by atoms with Crippen LogP contribution in [0, 0.1) is 5.41 Å². The first-order valence-electron chi connectivity index (χ1n) is 7.87. The van der Waals surface area contributed by atoms with E-state index in [4.69, 9.17) is 0 Å². The maximum Gasteiger partial charge on any atom is 0.242 e. The van der Waals surface area contributed by atoms with Crippen LogP contribution in [0.4, 0.5) is 0 Å². The van der Waals surface area contributed by atoms with Crippen molar-refractivity contribution in [2.24, 2.45) is 5.41 Å². The molecule has 120 valence electrons. The Morgan fingerprint density at radius 1 is 1.36 bits per heavy atom. The van der Waals surface area contributed by atoms with Gasteiger partial charge in [-0.25, -0.2) is 4.98 Å². The Morgan fingerprint density at radius 2 is 2.05 bits per heavy atom. The van der Waals surface area contributed by atoms with Crippen LogP contribution in [0.25, 0.3) is 11.0 Å². The second kappa shape index (κ2) is 6.92. The Labute approximate surface area is 131 Å². The van der Waals surface area contributed by atoms with Gasteiger partial charge in [0.15, 0.2) is 0 Å². The summed E-state index contributed by atoms with van der Waals surface area (Å²) in [5, 5.41) is 12.6. The van der Waals surface area contributed by atoms with Gasteiger partial charge in [-0.2, -0.15) is 0 Å². The summed E-state index contributed by atoms with van der Waals surface area (Å²) in [6.45, 7) is 6.52. The van der Waals surface area contributed by atoms with Crippen molar-refractivity contribution in [3.63, 3.8) is 0 Å². The fourth-order valence-electron chi connectivity index (χ4n) is 2.62. The summed E-state index contributed by atoms with van der Waals surface area (Å²) in [7, 11) is 0. The highest BCUT2D eigenvalue weighted by atomic mass is 16.3. The third-order valence-corrected chi connectivity index (χ3v) is 4.75. The molecule has 0 fully saturated rings. The second-order valence-electron chi connectivity index (χ2n) is 5.90. The first kappa shape index (κ1) is 16.5. The number of aliphatic hydroxyl groups is 1. The smallest absolute Gasteiger partial charge is 0.242 e. The van der Waals surface area contributed by atoms with Crippen molar-refractivity contribution in [2.75, 3.05) is 13.2 Å². The number of hydrogen-bond donors (Lipinski definition) is 2. The minimum atomic E-state index is -0.336. The molecule has 0 saturated heterocycles. The highest BCUT2D eigenvalue weighted by molar-refractivity contribution is 5.83. The number of nitrogens with zero attached hydrogens (tertiary/aromatic N) is 2. The molecular formula is C17H25N3O2. The predicted octanol–water partition coefficient (Wildman–Crippen LogP) is 2.51. The third-order valence-electron chi connectivity index (χ3n) is 4.75. The van der Waals surface area contributed by atoms with E-state index in [0.29, 0.717) is 6.54 Å². The minimum Gasteiger partial charge on any atom is -0.396 e. The topological polar surface area (TPSA) is 67.2 Å². The summed E-state index contributed by atoms with van der Waals surface area (Å²) in [6.07, 6.45) is 3.37. The molecule has 5 nitrogen and oxygen atoms in total. The zero-order valence-electron chi connectivity index (χ0n) is 13.5. The highest BCUT2D eigenvalue weighted by Crippen LogP contribution is 2.25. The molecule has 0 bridgehead atoms. The van der Waals surface area contributed by atoms with Crippen LogP contribution in [-0.4, -0.2) is 33.7 Å². The monoisotopic (exact) mass is 303 g/mol. The lowest BCUT2D eigenvalue weighted by molar-refractivity contribution is -0.124. The number of benzene rings is 1. The Kier molecular flexibility index (Phi) is 5.19. The van der Waals surface area contributed by atoms with Crippen LogP contribution in [0.15, 0.2) is 30.6 Å². The minimum absolute atomic E-state index is 0.0529. The van der Waals surface area contributed by atoms with Crippen molar-refractivity contribution in [1.82, 2.24) is 14.9 Å². The fourth-order valence-corrected chi connectivity index (χ4v) is 2.62. The summed E-state index contributed by atoms with van der Waals surface area (Å²) < 4.78 is 1.88. The van der Waals surface area contributed by atoms with Crippen molar-refractivity contribution in [3.05, 3.63) is 30.6 Å². The Bertz CT molecular complexity index is 623. The van der Waals surface area contributed by atoms with Crippen LogP contribution in [0.2, 0.25) is 0 Å². The second-order valence-corrected chi connectivity index (χ2v) is 5.90. The van der Waals surface area contributed by atoms with Crippen molar-refractivity contribution < 1.29 is 9.90 Å². The average molecular weight is 303 g/mol. The highest BCUT2D eigenvalue weighted by Gasteiger charge is 2.27. The van der Waals surface area contributed by atoms with Crippen molar-refractivity contribution in [2.45, 2.75) is 39.7 Å². The molecule has 1 aromatic heterocycles. The van der Waals surface area contributed by atoms with E-state index in [2.05, 4.69) is 10.3 Å². The number of carbonyl (C=O) groups excluding carboxylic acids is 1. The lowest BCUT2D eigenvalue weighted by atomic mass is 9.83. The SMILES string of the molecule is CCC(CC)(CO)CNC(=O)C(C)n1cnc2ccccc21. The molecule has 0 saturated carbocycles. The molecule has 0 aliphatic rings. The van der Waals surface area contributed by atoms with Gasteiger partial charge in [0.1, 0.15) is 6.04 Å². The Morgan fingerprint density at radius 3 is 2.68 bits per heavy atom. The standard InChI is InChI=1S/C17H25N3O2/c1-4-17(5-2,11-21)10-18-16(22)13(3)20-12-19-14-8-6-7-9-15(14)20/h6-9,12-13,21H,4-5,10-11H2,1-3H3,(H,18,22). The van der Waals surface area contributed by atoms with Crippen LogP contribution < -0.4 is 5.32 Å².